The monoisotopic (exact) mass is 269 g/mol. The third-order valence-corrected chi connectivity index (χ3v) is 4.27. The van der Waals surface area contributed by atoms with Crippen LogP contribution in [0.15, 0.2) is 12.1 Å². The first kappa shape index (κ1) is 12.8. The average Bonchev–Trinajstić information content (AvgIpc) is 2.72. The quantitative estimate of drug-likeness (QED) is 0.863. The first-order chi connectivity index (χ1) is 9.03. The number of hydrogen-bond acceptors (Lipinski definition) is 3. The molecule has 0 aromatic heterocycles. The molecule has 2 bridgehead atoms. The molecule has 2 aliphatic rings. The summed E-state index contributed by atoms with van der Waals surface area (Å²) in [6, 6.07) is 3.18. The lowest BCUT2D eigenvalue weighted by atomic mass is 9.81. The highest BCUT2D eigenvalue weighted by atomic mass is 19.2. The van der Waals surface area contributed by atoms with Gasteiger partial charge in [-0.1, -0.05) is 0 Å². The minimum Gasteiger partial charge on any atom is -0.494 e. The van der Waals surface area contributed by atoms with Gasteiger partial charge in [-0.05, 0) is 37.8 Å². The molecule has 2 fully saturated rings. The van der Waals surface area contributed by atoms with E-state index < -0.39 is 17.2 Å². The van der Waals surface area contributed by atoms with E-state index in [4.69, 9.17) is 4.74 Å². The molecule has 2 atom stereocenters. The maximum absolute atomic E-state index is 14.1. The molecule has 2 N–H and O–H groups in total. The molecule has 0 radical (unpaired) electrons. The number of nitrogens with one attached hydrogen (secondary N) is 1. The van der Waals surface area contributed by atoms with Crippen LogP contribution in [0.5, 0.6) is 5.75 Å². The Hall–Kier alpha value is -1.20. The highest BCUT2D eigenvalue weighted by molar-refractivity contribution is 5.35. The molecule has 0 amide bonds. The van der Waals surface area contributed by atoms with Gasteiger partial charge < -0.3 is 15.2 Å². The molecule has 0 aliphatic carbocycles. The number of ether oxygens (including phenoxy) is 1. The van der Waals surface area contributed by atoms with Crippen molar-refractivity contribution >= 4 is 0 Å². The second-order valence-electron chi connectivity index (χ2n) is 5.52. The Morgan fingerprint density at radius 3 is 2.42 bits per heavy atom. The van der Waals surface area contributed by atoms with Crippen LogP contribution in [0.2, 0.25) is 0 Å². The third-order valence-electron chi connectivity index (χ3n) is 4.27. The lowest BCUT2D eigenvalue weighted by Crippen LogP contribution is -2.47. The molecule has 0 spiro atoms. The zero-order valence-electron chi connectivity index (χ0n) is 10.7. The van der Waals surface area contributed by atoms with E-state index in [2.05, 4.69) is 5.32 Å². The standard InChI is InChI=1S/C14H17F2NO2/c1-19-11-5-4-10(12(15)13(11)16)14(18)6-8-2-3-9(7-14)17-8/h4-5,8-9,17-18H,2-3,6-7H2,1H3. The number of aliphatic hydroxyl groups is 1. The van der Waals surface area contributed by atoms with Gasteiger partial charge in [0, 0.05) is 17.6 Å². The molecule has 19 heavy (non-hydrogen) atoms. The second kappa shape index (κ2) is 4.42. The van der Waals surface area contributed by atoms with Gasteiger partial charge in [-0.2, -0.15) is 4.39 Å². The van der Waals surface area contributed by atoms with Crippen LogP contribution in [0.1, 0.15) is 31.2 Å². The fraction of sp³-hybridized carbons (Fsp3) is 0.571. The number of fused-ring (bicyclic) bond motifs is 2. The van der Waals surface area contributed by atoms with Crippen molar-refractivity contribution in [3.05, 3.63) is 29.3 Å². The number of methoxy groups -OCH3 is 1. The Balaban J connectivity index is 2.00. The van der Waals surface area contributed by atoms with Crippen molar-refractivity contribution in [3.8, 4) is 5.75 Å². The van der Waals surface area contributed by atoms with E-state index in [9.17, 15) is 13.9 Å². The zero-order valence-corrected chi connectivity index (χ0v) is 10.7. The Morgan fingerprint density at radius 2 is 1.84 bits per heavy atom. The van der Waals surface area contributed by atoms with E-state index >= 15 is 0 Å². The molecule has 2 unspecified atom stereocenters. The van der Waals surface area contributed by atoms with Crippen molar-refractivity contribution in [1.82, 2.24) is 5.32 Å². The van der Waals surface area contributed by atoms with Gasteiger partial charge in [0.05, 0.1) is 12.7 Å². The molecule has 3 rings (SSSR count). The molecule has 1 aromatic carbocycles. The van der Waals surface area contributed by atoms with Gasteiger partial charge >= 0.3 is 0 Å². The van der Waals surface area contributed by atoms with Crippen molar-refractivity contribution in [1.29, 1.82) is 0 Å². The van der Waals surface area contributed by atoms with Crippen LogP contribution in [-0.2, 0) is 5.60 Å². The van der Waals surface area contributed by atoms with Gasteiger partial charge in [-0.25, -0.2) is 4.39 Å². The smallest absolute Gasteiger partial charge is 0.200 e. The minimum atomic E-state index is -1.28. The number of rotatable bonds is 2. The fourth-order valence-corrected chi connectivity index (χ4v) is 3.39. The molecule has 0 saturated carbocycles. The van der Waals surface area contributed by atoms with Crippen molar-refractivity contribution in [3.63, 3.8) is 0 Å². The predicted octanol–water partition coefficient (Wildman–Crippen LogP) is 2.08. The van der Waals surface area contributed by atoms with Crippen molar-refractivity contribution in [2.75, 3.05) is 7.11 Å². The molecule has 2 heterocycles. The first-order valence-electron chi connectivity index (χ1n) is 6.54. The maximum Gasteiger partial charge on any atom is 0.200 e. The van der Waals surface area contributed by atoms with E-state index in [1.54, 1.807) is 0 Å². The lowest BCUT2D eigenvalue weighted by Gasteiger charge is -2.37. The van der Waals surface area contributed by atoms with Gasteiger partial charge in [0.2, 0.25) is 5.82 Å². The van der Waals surface area contributed by atoms with Crippen LogP contribution >= 0.6 is 0 Å². The number of piperidine rings is 1. The highest BCUT2D eigenvalue weighted by Crippen LogP contribution is 2.42. The summed E-state index contributed by atoms with van der Waals surface area (Å²) in [6.07, 6.45) is 2.80. The fourth-order valence-electron chi connectivity index (χ4n) is 3.39. The Labute approximate surface area is 110 Å². The number of benzene rings is 1. The van der Waals surface area contributed by atoms with Gasteiger partial charge in [0.1, 0.15) is 0 Å². The van der Waals surface area contributed by atoms with Gasteiger partial charge in [-0.3, -0.25) is 0 Å². The highest BCUT2D eigenvalue weighted by Gasteiger charge is 2.45. The van der Waals surface area contributed by atoms with Crippen molar-refractivity contribution in [2.24, 2.45) is 0 Å². The number of halogens is 2. The van der Waals surface area contributed by atoms with Crippen LogP contribution in [0, 0.1) is 11.6 Å². The summed E-state index contributed by atoms with van der Waals surface area (Å²) in [5.41, 5.74) is -1.24. The van der Waals surface area contributed by atoms with E-state index in [0.717, 1.165) is 12.8 Å². The van der Waals surface area contributed by atoms with Crippen LogP contribution in [0.3, 0.4) is 0 Å². The normalized spacial score (nSPS) is 33.5. The Morgan fingerprint density at radius 1 is 1.21 bits per heavy atom. The van der Waals surface area contributed by atoms with Crippen LogP contribution in [0.25, 0.3) is 0 Å². The maximum atomic E-state index is 14.1. The Kier molecular flexibility index (Phi) is 2.98. The van der Waals surface area contributed by atoms with Crippen LogP contribution in [-0.4, -0.2) is 24.3 Å². The minimum absolute atomic E-state index is 0.0456. The summed E-state index contributed by atoms with van der Waals surface area (Å²) in [6.45, 7) is 0. The number of hydrogen-bond donors (Lipinski definition) is 2. The molecular formula is C14H17F2NO2. The van der Waals surface area contributed by atoms with Gasteiger partial charge in [0.15, 0.2) is 11.6 Å². The SMILES string of the molecule is COc1ccc(C2(O)CC3CCC(C2)N3)c(F)c1F. The van der Waals surface area contributed by atoms with E-state index in [0.29, 0.717) is 12.8 Å². The summed E-state index contributed by atoms with van der Waals surface area (Å²) in [4.78, 5) is 0. The van der Waals surface area contributed by atoms with Crippen LogP contribution in [0.4, 0.5) is 8.78 Å². The third kappa shape index (κ3) is 2.01. The molecular weight excluding hydrogens is 252 g/mol. The molecule has 5 heteroatoms. The molecule has 3 nitrogen and oxygen atoms in total. The van der Waals surface area contributed by atoms with E-state index in [-0.39, 0.29) is 23.4 Å². The van der Waals surface area contributed by atoms with E-state index in [1.807, 2.05) is 0 Å². The summed E-state index contributed by atoms with van der Waals surface area (Å²) in [5, 5.41) is 14.1. The molecule has 2 saturated heterocycles. The molecule has 1 aromatic rings. The average molecular weight is 269 g/mol. The topological polar surface area (TPSA) is 41.5 Å². The van der Waals surface area contributed by atoms with Gasteiger partial charge in [-0.15, -0.1) is 0 Å². The summed E-state index contributed by atoms with van der Waals surface area (Å²) in [7, 11) is 1.29. The Bertz CT molecular complexity index is 494. The summed E-state index contributed by atoms with van der Waals surface area (Å²) >= 11 is 0. The molecule has 104 valence electrons. The summed E-state index contributed by atoms with van der Waals surface area (Å²) in [5.74, 6) is -2.16. The van der Waals surface area contributed by atoms with Gasteiger partial charge in [0.25, 0.3) is 0 Å². The first-order valence-corrected chi connectivity index (χ1v) is 6.54. The zero-order chi connectivity index (χ0) is 13.6. The largest absolute Gasteiger partial charge is 0.494 e. The second-order valence-corrected chi connectivity index (χ2v) is 5.52. The van der Waals surface area contributed by atoms with E-state index in [1.165, 1.54) is 19.2 Å². The van der Waals surface area contributed by atoms with Crippen molar-refractivity contribution in [2.45, 2.75) is 43.4 Å². The summed E-state index contributed by atoms with van der Waals surface area (Å²) < 4.78 is 32.6. The molecule has 2 aliphatic heterocycles. The van der Waals surface area contributed by atoms with Crippen LogP contribution < -0.4 is 10.1 Å². The van der Waals surface area contributed by atoms with Crippen molar-refractivity contribution < 1.29 is 18.6 Å². The predicted molar refractivity (Wildman–Crippen MR) is 66.0 cm³/mol. The lowest BCUT2D eigenvalue weighted by molar-refractivity contribution is -0.0149.